The van der Waals surface area contributed by atoms with Gasteiger partial charge >= 0.3 is 0 Å². The first-order valence-electron chi connectivity index (χ1n) is 6.80. The van der Waals surface area contributed by atoms with Crippen LogP contribution in [0.5, 0.6) is 5.75 Å². The van der Waals surface area contributed by atoms with Gasteiger partial charge in [0.2, 0.25) is 0 Å². The van der Waals surface area contributed by atoms with E-state index in [1.165, 1.54) is 0 Å². The van der Waals surface area contributed by atoms with Gasteiger partial charge in [-0.05, 0) is 50.2 Å². The van der Waals surface area contributed by atoms with Gasteiger partial charge in [-0.3, -0.25) is 5.41 Å². The topological polar surface area (TPSA) is 62.3 Å². The van der Waals surface area contributed by atoms with Crippen LogP contribution >= 0.6 is 0 Å². The van der Waals surface area contributed by atoms with E-state index in [-0.39, 0.29) is 5.84 Å². The van der Waals surface area contributed by atoms with Crippen molar-refractivity contribution >= 4 is 5.84 Å². The summed E-state index contributed by atoms with van der Waals surface area (Å²) in [4.78, 5) is 2.33. The second kappa shape index (κ2) is 7.14. The van der Waals surface area contributed by atoms with Crippen molar-refractivity contribution in [1.29, 1.82) is 5.41 Å². The summed E-state index contributed by atoms with van der Waals surface area (Å²) in [6, 6.07) is 3.81. The molecule has 19 heavy (non-hydrogen) atoms. The molecule has 1 aromatic rings. The summed E-state index contributed by atoms with van der Waals surface area (Å²) in [5, 5.41) is 7.47. The van der Waals surface area contributed by atoms with Crippen LogP contribution in [0.15, 0.2) is 12.1 Å². The number of nitrogen functional groups attached to an aromatic ring is 1. The lowest BCUT2D eigenvalue weighted by atomic mass is 10.1. The van der Waals surface area contributed by atoms with E-state index >= 15 is 0 Å². The van der Waals surface area contributed by atoms with Gasteiger partial charge in [-0.25, -0.2) is 0 Å². The van der Waals surface area contributed by atoms with Crippen LogP contribution in [0.1, 0.15) is 30.5 Å². The molecule has 4 nitrogen and oxygen atoms in total. The van der Waals surface area contributed by atoms with Crippen LogP contribution in [-0.4, -0.2) is 37.0 Å². The number of aryl methyl sites for hydroxylation is 2. The predicted molar refractivity (Wildman–Crippen MR) is 80.2 cm³/mol. The average Bonchev–Trinajstić information content (AvgIpc) is 2.37. The van der Waals surface area contributed by atoms with E-state index in [0.29, 0.717) is 6.61 Å². The van der Waals surface area contributed by atoms with Crippen molar-refractivity contribution in [2.75, 3.05) is 26.2 Å². The molecule has 0 amide bonds. The van der Waals surface area contributed by atoms with Gasteiger partial charge in [-0.15, -0.1) is 0 Å². The first-order valence-corrected chi connectivity index (χ1v) is 6.80. The Morgan fingerprint density at radius 3 is 2.16 bits per heavy atom. The van der Waals surface area contributed by atoms with Crippen LogP contribution in [0.3, 0.4) is 0 Å². The lowest BCUT2D eigenvalue weighted by molar-refractivity contribution is 0.221. The van der Waals surface area contributed by atoms with Crippen LogP contribution < -0.4 is 10.5 Å². The molecule has 0 aliphatic heterocycles. The number of ether oxygens (including phenoxy) is 1. The molecule has 0 atom stereocenters. The van der Waals surface area contributed by atoms with Crippen molar-refractivity contribution < 1.29 is 4.74 Å². The average molecular weight is 263 g/mol. The first-order chi connectivity index (χ1) is 8.99. The van der Waals surface area contributed by atoms with E-state index in [1.807, 2.05) is 26.0 Å². The number of rotatable bonds is 7. The number of nitrogens with two attached hydrogens (primary N) is 1. The molecule has 0 heterocycles. The van der Waals surface area contributed by atoms with Crippen LogP contribution in [0, 0.1) is 19.3 Å². The Hall–Kier alpha value is -1.55. The van der Waals surface area contributed by atoms with E-state index in [9.17, 15) is 0 Å². The fourth-order valence-corrected chi connectivity index (χ4v) is 2.15. The van der Waals surface area contributed by atoms with Gasteiger partial charge in [0.05, 0.1) is 0 Å². The fraction of sp³-hybridized carbons (Fsp3) is 0.533. The van der Waals surface area contributed by atoms with Gasteiger partial charge < -0.3 is 15.4 Å². The van der Waals surface area contributed by atoms with Gasteiger partial charge in [0, 0.05) is 12.1 Å². The Morgan fingerprint density at radius 1 is 1.21 bits per heavy atom. The van der Waals surface area contributed by atoms with Gasteiger partial charge in [0.25, 0.3) is 0 Å². The molecule has 0 fully saturated rings. The quantitative estimate of drug-likeness (QED) is 0.586. The molecule has 1 rings (SSSR count). The van der Waals surface area contributed by atoms with E-state index in [4.69, 9.17) is 15.9 Å². The van der Waals surface area contributed by atoms with Crippen molar-refractivity contribution in [3.05, 3.63) is 28.8 Å². The zero-order chi connectivity index (χ0) is 14.4. The van der Waals surface area contributed by atoms with E-state index in [1.54, 1.807) is 0 Å². The van der Waals surface area contributed by atoms with Gasteiger partial charge in [-0.2, -0.15) is 0 Å². The molecule has 0 bridgehead atoms. The van der Waals surface area contributed by atoms with Crippen molar-refractivity contribution in [2.45, 2.75) is 27.7 Å². The summed E-state index contributed by atoms with van der Waals surface area (Å²) in [6.45, 7) is 12.0. The molecule has 0 spiro atoms. The second-order valence-corrected chi connectivity index (χ2v) is 4.73. The minimum atomic E-state index is 0.0980. The summed E-state index contributed by atoms with van der Waals surface area (Å²) >= 11 is 0. The number of amidine groups is 1. The molecule has 106 valence electrons. The third-order valence-corrected chi connectivity index (χ3v) is 3.32. The van der Waals surface area contributed by atoms with Crippen molar-refractivity contribution in [1.82, 2.24) is 4.90 Å². The molecular formula is C15H25N3O. The number of nitrogens with one attached hydrogen (secondary N) is 1. The monoisotopic (exact) mass is 263 g/mol. The maximum Gasteiger partial charge on any atom is 0.125 e. The second-order valence-electron chi connectivity index (χ2n) is 4.73. The molecule has 1 aromatic carbocycles. The predicted octanol–water partition coefficient (Wildman–Crippen LogP) is 2.31. The number of hydrogen-bond acceptors (Lipinski definition) is 3. The maximum absolute atomic E-state index is 7.47. The summed E-state index contributed by atoms with van der Waals surface area (Å²) in [5.41, 5.74) is 8.33. The number of hydrogen-bond donors (Lipinski definition) is 2. The Labute approximate surface area is 116 Å². The standard InChI is InChI=1S/C15H25N3O/c1-5-18(6-2)7-8-19-14-11(3)9-13(15(16)17)10-12(14)4/h9-10H,5-8H2,1-4H3,(H3,16,17). The van der Waals surface area contributed by atoms with Crippen molar-refractivity contribution in [2.24, 2.45) is 5.73 Å². The fourth-order valence-electron chi connectivity index (χ4n) is 2.15. The zero-order valence-electron chi connectivity index (χ0n) is 12.4. The molecule has 0 aliphatic rings. The molecule has 0 unspecified atom stereocenters. The molecule has 3 N–H and O–H groups in total. The minimum Gasteiger partial charge on any atom is -0.492 e. The van der Waals surface area contributed by atoms with E-state index < -0.39 is 0 Å². The maximum atomic E-state index is 7.47. The third kappa shape index (κ3) is 4.24. The highest BCUT2D eigenvalue weighted by Gasteiger charge is 2.08. The van der Waals surface area contributed by atoms with E-state index in [2.05, 4.69) is 18.7 Å². The van der Waals surface area contributed by atoms with Gasteiger partial charge in [-0.1, -0.05) is 13.8 Å². The van der Waals surface area contributed by atoms with Crippen molar-refractivity contribution in [3.63, 3.8) is 0 Å². The number of benzene rings is 1. The van der Waals surface area contributed by atoms with Crippen LogP contribution in [0.2, 0.25) is 0 Å². The Kier molecular flexibility index (Phi) is 5.83. The molecule has 0 aromatic heterocycles. The molecule has 0 radical (unpaired) electrons. The largest absolute Gasteiger partial charge is 0.492 e. The Balaban J connectivity index is 2.71. The number of nitrogens with zero attached hydrogens (tertiary/aromatic N) is 1. The third-order valence-electron chi connectivity index (χ3n) is 3.32. The summed E-state index contributed by atoms with van der Waals surface area (Å²) in [5.74, 6) is 1.01. The van der Waals surface area contributed by atoms with Crippen molar-refractivity contribution in [3.8, 4) is 5.75 Å². The van der Waals surface area contributed by atoms with E-state index in [0.717, 1.165) is 42.1 Å². The highest BCUT2D eigenvalue weighted by molar-refractivity contribution is 5.95. The van der Waals surface area contributed by atoms with Crippen LogP contribution in [-0.2, 0) is 0 Å². The highest BCUT2D eigenvalue weighted by Crippen LogP contribution is 2.24. The molecule has 0 aliphatic carbocycles. The molecular weight excluding hydrogens is 238 g/mol. The Morgan fingerprint density at radius 2 is 1.74 bits per heavy atom. The summed E-state index contributed by atoms with van der Waals surface area (Å²) in [6.07, 6.45) is 0. The smallest absolute Gasteiger partial charge is 0.125 e. The van der Waals surface area contributed by atoms with Crippen LogP contribution in [0.25, 0.3) is 0 Å². The lowest BCUT2D eigenvalue weighted by Crippen LogP contribution is -2.28. The minimum absolute atomic E-state index is 0.0980. The molecule has 0 saturated heterocycles. The zero-order valence-corrected chi connectivity index (χ0v) is 12.4. The highest BCUT2D eigenvalue weighted by atomic mass is 16.5. The van der Waals surface area contributed by atoms with Crippen LogP contribution in [0.4, 0.5) is 0 Å². The SMILES string of the molecule is CCN(CC)CCOc1c(C)cc(C(=N)N)cc1C. The summed E-state index contributed by atoms with van der Waals surface area (Å²) < 4.78 is 5.88. The number of likely N-dealkylation sites (N-methyl/N-ethyl adjacent to an activating group) is 1. The molecule has 4 heteroatoms. The lowest BCUT2D eigenvalue weighted by Gasteiger charge is -2.19. The Bertz CT molecular complexity index is 416. The normalized spacial score (nSPS) is 10.8. The summed E-state index contributed by atoms with van der Waals surface area (Å²) in [7, 11) is 0. The first kappa shape index (κ1) is 15.5. The molecule has 0 saturated carbocycles. The van der Waals surface area contributed by atoms with Gasteiger partial charge in [0.1, 0.15) is 18.2 Å². The van der Waals surface area contributed by atoms with Gasteiger partial charge in [0.15, 0.2) is 0 Å².